The van der Waals surface area contributed by atoms with Crippen molar-refractivity contribution in [2.75, 3.05) is 0 Å². The van der Waals surface area contributed by atoms with E-state index in [2.05, 4.69) is 88.4 Å². The Labute approximate surface area is 134 Å². The summed E-state index contributed by atoms with van der Waals surface area (Å²) in [6, 6.07) is 22.8. The molecule has 0 aromatic heterocycles. The number of rotatable bonds is 6. The summed E-state index contributed by atoms with van der Waals surface area (Å²) in [5, 5.41) is 0. The van der Waals surface area contributed by atoms with Gasteiger partial charge in [-0.2, -0.15) is 0 Å². The van der Waals surface area contributed by atoms with Crippen LogP contribution in [0.5, 0.6) is 0 Å². The summed E-state index contributed by atoms with van der Waals surface area (Å²) < 4.78 is 4.97. The van der Waals surface area contributed by atoms with E-state index in [1.165, 1.54) is 12.8 Å². The molecule has 2 unspecified atom stereocenters. The van der Waals surface area contributed by atoms with Crippen molar-refractivity contribution >= 4 is 25.5 Å². The van der Waals surface area contributed by atoms with E-state index in [9.17, 15) is 0 Å². The van der Waals surface area contributed by atoms with E-state index >= 15 is 0 Å². The fourth-order valence-electron chi connectivity index (χ4n) is 3.86. The number of hydrogen-bond acceptors (Lipinski definition) is 0. The van der Waals surface area contributed by atoms with Crippen molar-refractivity contribution in [1.29, 1.82) is 0 Å². The molecule has 0 heterocycles. The van der Waals surface area contributed by atoms with Crippen molar-refractivity contribution in [2.24, 2.45) is 0 Å². The van der Waals surface area contributed by atoms with Crippen molar-refractivity contribution in [3.63, 3.8) is 0 Å². The summed E-state index contributed by atoms with van der Waals surface area (Å²) >= 11 is -2.71. The summed E-state index contributed by atoms with van der Waals surface area (Å²) in [7, 11) is 0. The van der Waals surface area contributed by atoms with Crippen LogP contribution in [-0.2, 0) is 0 Å². The molecule has 0 fully saturated rings. The fourth-order valence-corrected chi connectivity index (χ4v) is 22.0. The van der Waals surface area contributed by atoms with Crippen LogP contribution in [0.3, 0.4) is 0 Å². The van der Waals surface area contributed by atoms with Crippen LogP contribution in [-0.4, -0.2) is 18.4 Å². The van der Waals surface area contributed by atoms with Gasteiger partial charge >= 0.3 is 135 Å². The van der Waals surface area contributed by atoms with E-state index in [1.54, 1.807) is 7.16 Å². The van der Waals surface area contributed by atoms with E-state index in [1.807, 2.05) is 0 Å². The fraction of sp³-hybridized carbons (Fsp3) is 0.400. The average Bonchev–Trinajstić information content (AvgIpc) is 2.57. The summed E-state index contributed by atoms with van der Waals surface area (Å²) in [5.74, 6) is 0. The Kier molecular flexibility index (Phi) is 5.92. The van der Waals surface area contributed by atoms with E-state index < -0.39 is 18.4 Å². The van der Waals surface area contributed by atoms with Crippen LogP contribution < -0.4 is 7.16 Å². The Balaban J connectivity index is 2.72. The van der Waals surface area contributed by atoms with Gasteiger partial charge in [-0.25, -0.2) is 0 Å². The van der Waals surface area contributed by atoms with Crippen LogP contribution in [0, 0.1) is 0 Å². The molecule has 21 heavy (non-hydrogen) atoms. The zero-order valence-electron chi connectivity index (χ0n) is 13.8. The van der Waals surface area contributed by atoms with Gasteiger partial charge in [0.1, 0.15) is 0 Å². The molecular formula is C20H28Sn. The Hall–Kier alpha value is -0.761. The van der Waals surface area contributed by atoms with Gasteiger partial charge < -0.3 is 0 Å². The SMILES string of the molecule is CC[CH](C)[Sn]([c]1ccccc1)([c]1ccccc1)[CH](C)CC. The number of hydrogen-bond donors (Lipinski definition) is 0. The molecule has 0 bridgehead atoms. The quantitative estimate of drug-likeness (QED) is 0.622. The van der Waals surface area contributed by atoms with Crippen molar-refractivity contribution < 1.29 is 0 Å². The molecule has 2 aromatic rings. The second kappa shape index (κ2) is 7.49. The van der Waals surface area contributed by atoms with Crippen LogP contribution in [0.4, 0.5) is 0 Å². The molecule has 0 saturated heterocycles. The molecule has 0 nitrogen and oxygen atoms in total. The van der Waals surface area contributed by atoms with Crippen LogP contribution in [0.2, 0.25) is 7.87 Å². The van der Waals surface area contributed by atoms with Crippen LogP contribution in [0.1, 0.15) is 40.5 Å². The molecule has 0 spiro atoms. The minimum atomic E-state index is -2.71. The monoisotopic (exact) mass is 388 g/mol. The van der Waals surface area contributed by atoms with Gasteiger partial charge in [0.2, 0.25) is 0 Å². The average molecular weight is 387 g/mol. The van der Waals surface area contributed by atoms with Crippen molar-refractivity contribution in [3.8, 4) is 0 Å². The first-order valence-corrected chi connectivity index (χ1v) is 14.4. The first kappa shape index (κ1) is 16.6. The summed E-state index contributed by atoms with van der Waals surface area (Å²) in [4.78, 5) is 0. The van der Waals surface area contributed by atoms with Crippen LogP contribution >= 0.6 is 0 Å². The molecule has 0 radical (unpaired) electrons. The molecule has 112 valence electrons. The van der Waals surface area contributed by atoms with Gasteiger partial charge in [0, 0.05) is 0 Å². The maximum absolute atomic E-state index is 2.71. The molecule has 0 saturated carbocycles. The number of benzene rings is 2. The first-order valence-electron chi connectivity index (χ1n) is 8.28. The van der Waals surface area contributed by atoms with Crippen molar-refractivity contribution in [2.45, 2.75) is 48.4 Å². The molecule has 2 aromatic carbocycles. The Morgan fingerprint density at radius 1 is 0.667 bits per heavy atom. The maximum atomic E-state index is 2.50. The summed E-state index contributed by atoms with van der Waals surface area (Å²) in [6.07, 6.45) is 2.56. The van der Waals surface area contributed by atoms with E-state index in [0.717, 1.165) is 7.87 Å². The van der Waals surface area contributed by atoms with Gasteiger partial charge in [-0.3, -0.25) is 0 Å². The molecule has 2 atom stereocenters. The Morgan fingerprint density at radius 2 is 1.00 bits per heavy atom. The molecule has 1 heteroatoms. The van der Waals surface area contributed by atoms with Gasteiger partial charge in [-0.05, 0) is 0 Å². The zero-order valence-corrected chi connectivity index (χ0v) is 16.7. The van der Waals surface area contributed by atoms with Crippen LogP contribution in [0.15, 0.2) is 60.7 Å². The molecule has 2 rings (SSSR count). The normalized spacial score (nSPS) is 14.7. The van der Waals surface area contributed by atoms with Gasteiger partial charge in [-0.15, -0.1) is 0 Å². The van der Waals surface area contributed by atoms with E-state index in [4.69, 9.17) is 0 Å². The second-order valence-corrected chi connectivity index (χ2v) is 20.1. The Bertz CT molecular complexity index is 481. The topological polar surface area (TPSA) is 0 Å². The van der Waals surface area contributed by atoms with E-state index in [-0.39, 0.29) is 0 Å². The molecule has 0 aliphatic heterocycles. The molecular weight excluding hydrogens is 359 g/mol. The standard InChI is InChI=1S/2C6H5.2C4H9.Sn/c2*1-2-4-6-5-3-1;2*1-3-4-2;/h2*1-5H;2*3H,4H2,1-2H3;. The van der Waals surface area contributed by atoms with Crippen LogP contribution in [0.25, 0.3) is 0 Å². The van der Waals surface area contributed by atoms with Gasteiger partial charge in [-0.1, -0.05) is 0 Å². The third-order valence-corrected chi connectivity index (χ3v) is 23.8. The summed E-state index contributed by atoms with van der Waals surface area (Å²) in [6.45, 7) is 9.74. The van der Waals surface area contributed by atoms with Crippen molar-refractivity contribution in [1.82, 2.24) is 0 Å². The van der Waals surface area contributed by atoms with E-state index in [0.29, 0.717) is 0 Å². The first-order chi connectivity index (χ1) is 10.2. The molecule has 0 N–H and O–H groups in total. The predicted octanol–water partition coefficient (Wildman–Crippen LogP) is 4.85. The molecule has 0 aliphatic rings. The van der Waals surface area contributed by atoms with Gasteiger partial charge in [0.25, 0.3) is 0 Å². The second-order valence-electron chi connectivity index (χ2n) is 6.22. The van der Waals surface area contributed by atoms with Crippen molar-refractivity contribution in [3.05, 3.63) is 60.7 Å². The van der Waals surface area contributed by atoms with Gasteiger partial charge in [0.05, 0.1) is 0 Å². The molecule has 0 aliphatic carbocycles. The third-order valence-electron chi connectivity index (χ3n) is 5.28. The third kappa shape index (κ3) is 3.06. The zero-order chi connectivity index (χ0) is 15.3. The summed E-state index contributed by atoms with van der Waals surface area (Å²) in [5.41, 5.74) is 0. The minimum absolute atomic E-state index is 0.819. The molecule has 0 amide bonds. The van der Waals surface area contributed by atoms with Gasteiger partial charge in [0.15, 0.2) is 0 Å². The predicted molar refractivity (Wildman–Crippen MR) is 97.3 cm³/mol. The Morgan fingerprint density at radius 3 is 1.29 bits per heavy atom.